The largest absolute Gasteiger partial charge is 0.550 e. The second-order valence-corrected chi connectivity index (χ2v) is 7.87. The van der Waals surface area contributed by atoms with Gasteiger partial charge in [0.25, 0.3) is 0 Å². The highest BCUT2D eigenvalue weighted by Crippen LogP contribution is 2.39. The lowest BCUT2D eigenvalue weighted by molar-refractivity contribution is -0.305. The number of amides is 1. The first-order chi connectivity index (χ1) is 15.9. The van der Waals surface area contributed by atoms with E-state index in [1.165, 1.54) is 12.1 Å². The average molecular weight is 467 g/mol. The van der Waals surface area contributed by atoms with Gasteiger partial charge in [-0.3, -0.25) is 4.79 Å². The summed E-state index contributed by atoms with van der Waals surface area (Å²) in [7, 11) is 3.08. The minimum absolute atomic E-state index is 0.224. The van der Waals surface area contributed by atoms with Crippen LogP contribution in [0.5, 0.6) is 11.5 Å². The highest BCUT2D eigenvalue weighted by atomic mass is 35.5. The van der Waals surface area contributed by atoms with Gasteiger partial charge in [-0.05, 0) is 24.1 Å². The Morgan fingerprint density at radius 2 is 1.79 bits per heavy atom. The van der Waals surface area contributed by atoms with Gasteiger partial charge < -0.3 is 19.4 Å². The first-order valence-corrected chi connectivity index (χ1v) is 10.7. The smallest absolute Gasteiger partial charge is 0.243 e. The van der Waals surface area contributed by atoms with Crippen LogP contribution in [0.2, 0.25) is 5.15 Å². The van der Waals surface area contributed by atoms with Gasteiger partial charge in [-0.2, -0.15) is 5.10 Å². The standard InChI is InChI=1S/C24H22ClN3O5/c1-32-20-11-15-10-16(24(25)26-17(15)13-21(20)33-2)19-12-18(14-6-4-3-5-7-14)27-28(19)22(29)8-9-23(30)31/h3-7,10-11,13,19H,8-9,12H2,1-2H3,(H,30,31)/p-1/t19-/m0/s1. The lowest BCUT2D eigenvalue weighted by Gasteiger charge is -2.23. The fourth-order valence-corrected chi connectivity index (χ4v) is 4.11. The van der Waals surface area contributed by atoms with Crippen molar-refractivity contribution in [3.8, 4) is 11.5 Å². The number of pyridine rings is 1. The number of methoxy groups -OCH3 is 2. The van der Waals surface area contributed by atoms with Crippen LogP contribution in [0.4, 0.5) is 0 Å². The molecule has 0 radical (unpaired) electrons. The van der Waals surface area contributed by atoms with Crippen molar-refractivity contribution in [1.82, 2.24) is 9.99 Å². The molecule has 33 heavy (non-hydrogen) atoms. The molecule has 9 heteroatoms. The van der Waals surface area contributed by atoms with E-state index in [1.807, 2.05) is 36.4 Å². The summed E-state index contributed by atoms with van der Waals surface area (Å²) < 4.78 is 10.7. The number of hydrazone groups is 1. The average Bonchev–Trinajstić information content (AvgIpc) is 3.27. The third kappa shape index (κ3) is 4.61. The molecule has 2 heterocycles. The summed E-state index contributed by atoms with van der Waals surface area (Å²) >= 11 is 6.57. The van der Waals surface area contributed by atoms with Gasteiger partial charge in [0.2, 0.25) is 5.91 Å². The van der Waals surface area contributed by atoms with E-state index in [1.54, 1.807) is 19.2 Å². The first kappa shape index (κ1) is 22.5. The van der Waals surface area contributed by atoms with Gasteiger partial charge in [-0.25, -0.2) is 9.99 Å². The zero-order valence-electron chi connectivity index (χ0n) is 18.1. The van der Waals surface area contributed by atoms with Crippen LogP contribution in [-0.4, -0.2) is 41.8 Å². The van der Waals surface area contributed by atoms with Crippen LogP contribution in [0.3, 0.4) is 0 Å². The van der Waals surface area contributed by atoms with Crippen molar-refractivity contribution >= 4 is 40.1 Å². The van der Waals surface area contributed by atoms with Crippen molar-refractivity contribution < 1.29 is 24.2 Å². The number of benzene rings is 2. The molecule has 3 aromatic rings. The van der Waals surface area contributed by atoms with Crippen LogP contribution in [0.1, 0.15) is 36.4 Å². The quantitative estimate of drug-likeness (QED) is 0.495. The second-order valence-electron chi connectivity index (χ2n) is 7.51. The Kier molecular flexibility index (Phi) is 6.46. The fourth-order valence-electron chi connectivity index (χ4n) is 3.84. The van der Waals surface area contributed by atoms with Crippen molar-refractivity contribution in [3.63, 3.8) is 0 Å². The van der Waals surface area contributed by atoms with Gasteiger partial charge in [0.15, 0.2) is 11.5 Å². The summed E-state index contributed by atoms with van der Waals surface area (Å²) in [6, 6.07) is 14.3. The predicted molar refractivity (Wildman–Crippen MR) is 121 cm³/mol. The molecule has 0 bridgehead atoms. The number of rotatable bonds is 7. The number of carbonyl (C=O) groups is 2. The molecule has 4 rings (SSSR count). The Morgan fingerprint density at radius 1 is 1.09 bits per heavy atom. The number of aliphatic carboxylic acids is 1. The maximum atomic E-state index is 12.9. The number of aromatic nitrogens is 1. The zero-order valence-corrected chi connectivity index (χ0v) is 18.8. The third-order valence-electron chi connectivity index (χ3n) is 5.48. The topological polar surface area (TPSA) is 104 Å². The molecule has 1 aromatic heterocycles. The number of hydrogen-bond donors (Lipinski definition) is 0. The molecule has 0 unspecified atom stereocenters. The number of fused-ring (bicyclic) bond motifs is 1. The number of nitrogens with zero attached hydrogens (tertiary/aromatic N) is 3. The van der Waals surface area contributed by atoms with E-state index in [4.69, 9.17) is 21.1 Å². The van der Waals surface area contributed by atoms with Crippen molar-refractivity contribution in [1.29, 1.82) is 0 Å². The van der Waals surface area contributed by atoms with Crippen molar-refractivity contribution in [2.24, 2.45) is 5.10 Å². The number of ether oxygens (including phenoxy) is 2. The number of carbonyl (C=O) groups excluding carboxylic acids is 2. The summed E-state index contributed by atoms with van der Waals surface area (Å²) in [5.74, 6) is -0.665. The molecule has 2 aromatic carbocycles. The van der Waals surface area contributed by atoms with Crippen LogP contribution < -0.4 is 14.6 Å². The van der Waals surface area contributed by atoms with Gasteiger partial charge >= 0.3 is 0 Å². The monoisotopic (exact) mass is 466 g/mol. The Morgan fingerprint density at radius 3 is 2.45 bits per heavy atom. The van der Waals surface area contributed by atoms with E-state index >= 15 is 0 Å². The van der Waals surface area contributed by atoms with Gasteiger partial charge in [0.05, 0.1) is 31.5 Å². The van der Waals surface area contributed by atoms with Crippen molar-refractivity contribution in [2.75, 3.05) is 14.2 Å². The fraction of sp³-hybridized carbons (Fsp3) is 0.250. The van der Waals surface area contributed by atoms with Crippen LogP contribution in [0, 0.1) is 0 Å². The highest BCUT2D eigenvalue weighted by Gasteiger charge is 2.34. The maximum Gasteiger partial charge on any atom is 0.243 e. The molecule has 1 aliphatic heterocycles. The van der Waals surface area contributed by atoms with Crippen LogP contribution >= 0.6 is 11.6 Å². The van der Waals surface area contributed by atoms with Gasteiger partial charge in [-0.15, -0.1) is 0 Å². The molecule has 170 valence electrons. The summed E-state index contributed by atoms with van der Waals surface area (Å²) in [5.41, 5.74) is 2.78. The minimum atomic E-state index is -1.29. The Balaban J connectivity index is 1.76. The molecule has 0 aliphatic carbocycles. The highest BCUT2D eigenvalue weighted by molar-refractivity contribution is 6.30. The molecule has 1 amide bonds. The normalized spacial score (nSPS) is 15.4. The molecular weight excluding hydrogens is 446 g/mol. The molecule has 0 N–H and O–H groups in total. The molecule has 8 nitrogen and oxygen atoms in total. The van der Waals surface area contributed by atoms with E-state index in [-0.39, 0.29) is 18.0 Å². The molecule has 0 saturated carbocycles. The molecule has 0 spiro atoms. The van der Waals surface area contributed by atoms with Crippen LogP contribution in [0.25, 0.3) is 10.9 Å². The lowest BCUT2D eigenvalue weighted by atomic mass is 9.98. The van der Waals surface area contributed by atoms with Gasteiger partial charge in [0.1, 0.15) is 5.15 Å². The summed E-state index contributed by atoms with van der Waals surface area (Å²) in [4.78, 5) is 28.3. The zero-order chi connectivity index (χ0) is 23.5. The molecule has 1 atom stereocenters. The van der Waals surface area contributed by atoms with Crippen LogP contribution in [-0.2, 0) is 9.59 Å². The van der Waals surface area contributed by atoms with Crippen LogP contribution in [0.15, 0.2) is 53.6 Å². The molecule has 1 aliphatic rings. The summed E-state index contributed by atoms with van der Waals surface area (Å²) in [6.07, 6.45) is -0.214. The van der Waals surface area contributed by atoms with E-state index < -0.39 is 17.9 Å². The third-order valence-corrected chi connectivity index (χ3v) is 5.78. The lowest BCUT2D eigenvalue weighted by Crippen LogP contribution is -2.30. The first-order valence-electron chi connectivity index (χ1n) is 10.3. The van der Waals surface area contributed by atoms with E-state index in [9.17, 15) is 14.7 Å². The minimum Gasteiger partial charge on any atom is -0.550 e. The molecule has 0 fully saturated rings. The number of carboxylic acid groups (broad SMARTS) is 1. The summed E-state index contributed by atoms with van der Waals surface area (Å²) in [6.45, 7) is 0. The maximum absolute atomic E-state index is 12.9. The van der Waals surface area contributed by atoms with E-state index in [2.05, 4.69) is 10.1 Å². The van der Waals surface area contributed by atoms with Crippen molar-refractivity contribution in [2.45, 2.75) is 25.3 Å². The Hall–Kier alpha value is -3.65. The van der Waals surface area contributed by atoms with E-state index in [0.717, 1.165) is 10.9 Å². The predicted octanol–water partition coefficient (Wildman–Crippen LogP) is 3.11. The Labute approximate surface area is 195 Å². The van der Waals surface area contributed by atoms with Gasteiger partial charge in [0, 0.05) is 35.8 Å². The molecule has 0 saturated heterocycles. The summed E-state index contributed by atoms with van der Waals surface area (Å²) in [5, 5.41) is 17.7. The SMILES string of the molecule is COc1cc2cc([C@@H]3CC(c4ccccc4)=NN3C(=O)CCC(=O)[O-])c(Cl)nc2cc1OC. The van der Waals surface area contributed by atoms with Gasteiger partial charge in [-0.1, -0.05) is 41.9 Å². The van der Waals surface area contributed by atoms with Crippen molar-refractivity contribution in [3.05, 3.63) is 64.8 Å². The number of halogens is 1. The Bertz CT molecular complexity index is 1250. The number of carboxylic acids is 1. The number of hydrogen-bond acceptors (Lipinski definition) is 7. The molecular formula is C24H21ClN3O5-. The van der Waals surface area contributed by atoms with E-state index in [0.29, 0.717) is 34.7 Å². The second kappa shape index (κ2) is 9.46.